The zero-order valence-electron chi connectivity index (χ0n) is 11.6. The van der Waals surface area contributed by atoms with Gasteiger partial charge in [0.15, 0.2) is 11.6 Å². The minimum absolute atomic E-state index is 0.0122. The molecule has 0 spiro atoms. The smallest absolute Gasteiger partial charge is 0.186 e. The monoisotopic (exact) mass is 301 g/mol. The summed E-state index contributed by atoms with van der Waals surface area (Å²) in [6, 6.07) is 4.47. The maximum Gasteiger partial charge on any atom is 0.186 e. The second-order valence-electron chi connectivity index (χ2n) is 5.40. The fourth-order valence-electron chi connectivity index (χ4n) is 2.40. The van der Waals surface area contributed by atoms with Crippen molar-refractivity contribution in [3.05, 3.63) is 47.7 Å². The first-order chi connectivity index (χ1) is 10.7. The van der Waals surface area contributed by atoms with Crippen molar-refractivity contribution in [1.82, 2.24) is 19.9 Å². The summed E-state index contributed by atoms with van der Waals surface area (Å²) in [5, 5.41) is 3.12. The lowest BCUT2D eigenvalue weighted by Crippen LogP contribution is -2.04. The number of nitrogens with zero attached hydrogens (tertiary/aromatic N) is 3. The Balaban J connectivity index is 1.54. The van der Waals surface area contributed by atoms with E-state index >= 15 is 0 Å². The van der Waals surface area contributed by atoms with Gasteiger partial charge in [-0.1, -0.05) is 0 Å². The second-order valence-corrected chi connectivity index (χ2v) is 5.40. The molecule has 1 aromatic carbocycles. The van der Waals surface area contributed by atoms with Crippen LogP contribution in [0.25, 0.3) is 11.0 Å². The number of aromatic amines is 1. The first kappa shape index (κ1) is 13.1. The summed E-state index contributed by atoms with van der Waals surface area (Å²) in [6.45, 7) is 0.344. The number of benzene rings is 1. The fraction of sp³-hybridized carbons (Fsp3) is 0.267. The molecule has 0 atom stereocenters. The van der Waals surface area contributed by atoms with Gasteiger partial charge in [0.05, 0.1) is 12.1 Å². The van der Waals surface area contributed by atoms with Crippen molar-refractivity contribution in [3.63, 3.8) is 0 Å². The van der Waals surface area contributed by atoms with Crippen LogP contribution in [0.15, 0.2) is 24.5 Å². The molecule has 0 bridgehead atoms. The minimum Gasteiger partial charge on any atom is -0.363 e. The molecular weight excluding hydrogens is 288 g/mol. The van der Waals surface area contributed by atoms with Gasteiger partial charge in [0.2, 0.25) is 0 Å². The van der Waals surface area contributed by atoms with E-state index in [1.54, 1.807) is 0 Å². The lowest BCUT2D eigenvalue weighted by molar-refractivity contribution is 0.515. The van der Waals surface area contributed by atoms with Gasteiger partial charge in [0, 0.05) is 17.7 Å². The normalized spacial score (nSPS) is 14.5. The topological polar surface area (TPSA) is 66.5 Å². The third-order valence-corrected chi connectivity index (χ3v) is 3.72. The summed E-state index contributed by atoms with van der Waals surface area (Å²) in [4.78, 5) is 15.4. The molecule has 0 saturated heterocycles. The lowest BCUT2D eigenvalue weighted by atomic mass is 10.3. The Labute approximate surface area is 124 Å². The predicted molar refractivity (Wildman–Crippen MR) is 77.3 cm³/mol. The molecule has 1 aliphatic carbocycles. The van der Waals surface area contributed by atoms with Crippen LogP contribution in [0.5, 0.6) is 0 Å². The fourth-order valence-corrected chi connectivity index (χ4v) is 2.40. The molecule has 4 rings (SSSR count). The van der Waals surface area contributed by atoms with Crippen molar-refractivity contribution < 1.29 is 8.78 Å². The van der Waals surface area contributed by atoms with Gasteiger partial charge in [-0.15, -0.1) is 0 Å². The lowest BCUT2D eigenvalue weighted by Gasteiger charge is -2.04. The van der Waals surface area contributed by atoms with Crippen LogP contribution in [0.1, 0.15) is 30.3 Å². The van der Waals surface area contributed by atoms with Crippen molar-refractivity contribution in [2.45, 2.75) is 25.3 Å². The molecule has 0 unspecified atom stereocenters. The van der Waals surface area contributed by atoms with E-state index in [0.29, 0.717) is 29.6 Å². The highest BCUT2D eigenvalue weighted by atomic mass is 19.2. The molecule has 2 heterocycles. The van der Waals surface area contributed by atoms with Crippen molar-refractivity contribution in [2.75, 3.05) is 5.32 Å². The number of anilines is 1. The maximum atomic E-state index is 13.6. The molecule has 2 N–H and O–H groups in total. The average molecular weight is 301 g/mol. The summed E-state index contributed by atoms with van der Waals surface area (Å²) < 4.78 is 26.8. The molecule has 22 heavy (non-hydrogen) atoms. The Morgan fingerprint density at radius 3 is 2.91 bits per heavy atom. The highest BCUT2D eigenvalue weighted by molar-refractivity contribution is 5.75. The molecule has 5 nitrogen and oxygen atoms in total. The molecular formula is C15H13F2N5. The van der Waals surface area contributed by atoms with E-state index in [9.17, 15) is 8.78 Å². The van der Waals surface area contributed by atoms with E-state index in [2.05, 4.69) is 25.3 Å². The maximum absolute atomic E-state index is 13.6. The Bertz CT molecular complexity index is 841. The van der Waals surface area contributed by atoms with Crippen molar-refractivity contribution >= 4 is 16.9 Å². The van der Waals surface area contributed by atoms with Crippen LogP contribution in [0, 0.1) is 11.6 Å². The van der Waals surface area contributed by atoms with E-state index in [1.165, 1.54) is 25.2 Å². The van der Waals surface area contributed by atoms with E-state index in [4.69, 9.17) is 0 Å². The first-order valence-electron chi connectivity index (χ1n) is 7.09. The van der Waals surface area contributed by atoms with E-state index in [-0.39, 0.29) is 5.52 Å². The molecule has 2 aromatic heterocycles. The predicted octanol–water partition coefficient (Wildman–Crippen LogP) is 3.12. The van der Waals surface area contributed by atoms with Crippen LogP contribution in [0.3, 0.4) is 0 Å². The van der Waals surface area contributed by atoms with Crippen molar-refractivity contribution in [2.24, 2.45) is 0 Å². The summed E-state index contributed by atoms with van der Waals surface area (Å²) in [5.74, 6) is -0.0663. The molecule has 1 fully saturated rings. The number of hydrogen-bond acceptors (Lipinski definition) is 4. The van der Waals surface area contributed by atoms with E-state index in [1.807, 2.05) is 6.07 Å². The number of hydrogen-bond donors (Lipinski definition) is 2. The SMILES string of the molecule is Fc1ccc2[nH]c(CNc3cc(C4CC4)ncn3)nc2c1F. The quantitative estimate of drug-likeness (QED) is 0.777. The Morgan fingerprint density at radius 1 is 1.23 bits per heavy atom. The molecule has 112 valence electrons. The van der Waals surface area contributed by atoms with Gasteiger partial charge in [-0.25, -0.2) is 23.7 Å². The highest BCUT2D eigenvalue weighted by Gasteiger charge is 2.25. The highest BCUT2D eigenvalue weighted by Crippen LogP contribution is 2.39. The third-order valence-electron chi connectivity index (χ3n) is 3.72. The van der Waals surface area contributed by atoms with Gasteiger partial charge < -0.3 is 10.3 Å². The molecule has 0 radical (unpaired) electrons. The molecule has 3 aromatic rings. The Kier molecular flexibility index (Phi) is 2.99. The molecule has 1 aliphatic rings. The molecule has 0 amide bonds. The molecule has 1 saturated carbocycles. The van der Waals surface area contributed by atoms with Gasteiger partial charge in [-0.05, 0) is 25.0 Å². The van der Waals surface area contributed by atoms with Crippen LogP contribution in [-0.4, -0.2) is 19.9 Å². The zero-order valence-corrected chi connectivity index (χ0v) is 11.6. The standard InChI is InChI=1S/C15H13F2N5/c16-9-3-4-10-15(14(9)17)22-13(21-10)6-18-12-5-11(8-1-2-8)19-7-20-12/h3-5,7-8H,1-2,6H2,(H,21,22)(H,18,19,20). The first-order valence-corrected chi connectivity index (χ1v) is 7.09. The van der Waals surface area contributed by atoms with Crippen LogP contribution in [0.4, 0.5) is 14.6 Å². The minimum atomic E-state index is -0.932. The van der Waals surface area contributed by atoms with Crippen LogP contribution in [0.2, 0.25) is 0 Å². The number of fused-ring (bicyclic) bond motifs is 1. The van der Waals surface area contributed by atoms with Crippen LogP contribution >= 0.6 is 0 Å². The number of halogens is 2. The van der Waals surface area contributed by atoms with Crippen LogP contribution < -0.4 is 5.32 Å². The Hall–Kier alpha value is -2.57. The second kappa shape index (κ2) is 5.01. The van der Waals surface area contributed by atoms with Crippen molar-refractivity contribution in [1.29, 1.82) is 0 Å². The van der Waals surface area contributed by atoms with E-state index in [0.717, 1.165) is 11.8 Å². The van der Waals surface area contributed by atoms with Crippen molar-refractivity contribution in [3.8, 4) is 0 Å². The van der Waals surface area contributed by atoms with Gasteiger partial charge in [0.25, 0.3) is 0 Å². The summed E-state index contributed by atoms with van der Waals surface area (Å²) in [5.41, 5.74) is 1.52. The average Bonchev–Trinajstić information content (AvgIpc) is 3.30. The van der Waals surface area contributed by atoms with Gasteiger partial charge in [-0.2, -0.15) is 0 Å². The number of nitrogens with one attached hydrogen (secondary N) is 2. The molecule has 0 aliphatic heterocycles. The largest absolute Gasteiger partial charge is 0.363 e. The summed E-state index contributed by atoms with van der Waals surface area (Å²) >= 11 is 0. The third kappa shape index (κ3) is 2.38. The van der Waals surface area contributed by atoms with Crippen LogP contribution in [-0.2, 0) is 6.54 Å². The number of imidazole rings is 1. The number of aromatic nitrogens is 4. The van der Waals surface area contributed by atoms with Gasteiger partial charge in [-0.3, -0.25) is 0 Å². The number of H-pyrrole nitrogens is 1. The zero-order chi connectivity index (χ0) is 15.1. The Morgan fingerprint density at radius 2 is 2.09 bits per heavy atom. The van der Waals surface area contributed by atoms with E-state index < -0.39 is 11.6 Å². The summed E-state index contributed by atoms with van der Waals surface area (Å²) in [7, 11) is 0. The van der Waals surface area contributed by atoms with Gasteiger partial charge >= 0.3 is 0 Å². The number of rotatable bonds is 4. The molecule has 7 heteroatoms. The van der Waals surface area contributed by atoms with Gasteiger partial charge in [0.1, 0.15) is 23.5 Å². The summed E-state index contributed by atoms with van der Waals surface area (Å²) in [6.07, 6.45) is 3.87.